The second-order valence-corrected chi connectivity index (χ2v) is 3.70. The maximum atomic E-state index is 11.6. The van der Waals surface area contributed by atoms with Crippen molar-refractivity contribution in [2.24, 2.45) is 5.92 Å². The Morgan fingerprint density at radius 2 is 2.07 bits per heavy atom. The van der Waals surface area contributed by atoms with Crippen molar-refractivity contribution in [3.63, 3.8) is 0 Å². The van der Waals surface area contributed by atoms with E-state index in [4.69, 9.17) is 0 Å². The number of carbonyl (C=O) groups excluding carboxylic acids is 1. The molecule has 1 rings (SSSR count). The zero-order chi connectivity index (χ0) is 11.3. The van der Waals surface area contributed by atoms with Crippen LogP contribution < -0.4 is 5.32 Å². The molecule has 0 heterocycles. The molecule has 0 radical (unpaired) electrons. The normalized spacial score (nSPS) is 16.2. The van der Waals surface area contributed by atoms with E-state index in [1.807, 2.05) is 0 Å². The summed E-state index contributed by atoms with van der Waals surface area (Å²) >= 11 is 0. The van der Waals surface area contributed by atoms with Crippen LogP contribution >= 0.6 is 0 Å². The molecule has 1 fully saturated rings. The first-order valence-electron chi connectivity index (χ1n) is 4.95. The fourth-order valence-corrected chi connectivity index (χ4v) is 1.19. The lowest BCUT2D eigenvalue weighted by atomic mass is 10.2. The number of hydrogen-bond donors (Lipinski definition) is 1. The van der Waals surface area contributed by atoms with Gasteiger partial charge in [0.2, 0.25) is 0 Å². The summed E-state index contributed by atoms with van der Waals surface area (Å²) in [6, 6.07) is 0. The maximum absolute atomic E-state index is 11.6. The van der Waals surface area contributed by atoms with Crippen molar-refractivity contribution in [2.45, 2.75) is 31.9 Å². The van der Waals surface area contributed by atoms with Crippen molar-refractivity contribution in [3.05, 3.63) is 0 Å². The highest BCUT2D eigenvalue weighted by Crippen LogP contribution is 2.33. The van der Waals surface area contributed by atoms with E-state index in [1.54, 1.807) is 0 Å². The maximum Gasteiger partial charge on any atom is 0.422 e. The molecule has 0 aromatic carbocycles. The first-order chi connectivity index (χ1) is 6.97. The number of halogens is 3. The number of alkyl carbamates (subject to hydrolysis) is 1. The van der Waals surface area contributed by atoms with E-state index in [2.05, 4.69) is 10.1 Å². The summed E-state index contributed by atoms with van der Waals surface area (Å²) in [6.07, 6.45) is -1.16. The lowest BCUT2D eigenvalue weighted by molar-refractivity contribution is -0.160. The van der Waals surface area contributed by atoms with Crippen LogP contribution in [0.3, 0.4) is 0 Å². The molecule has 0 aromatic rings. The van der Waals surface area contributed by atoms with E-state index in [9.17, 15) is 18.0 Å². The van der Waals surface area contributed by atoms with Gasteiger partial charge in [0.05, 0.1) is 0 Å². The monoisotopic (exact) mass is 225 g/mol. The number of rotatable bonds is 5. The van der Waals surface area contributed by atoms with Crippen LogP contribution in [0.4, 0.5) is 18.0 Å². The third kappa shape index (κ3) is 7.04. The van der Waals surface area contributed by atoms with Crippen LogP contribution in [0.2, 0.25) is 0 Å². The summed E-state index contributed by atoms with van der Waals surface area (Å²) in [5.74, 6) is 0.762. The minimum Gasteiger partial charge on any atom is -0.440 e. The van der Waals surface area contributed by atoms with Crippen LogP contribution in [-0.4, -0.2) is 25.4 Å². The number of nitrogens with one attached hydrogen (secondary N) is 1. The summed E-state index contributed by atoms with van der Waals surface area (Å²) in [5.41, 5.74) is 0. The van der Waals surface area contributed by atoms with E-state index >= 15 is 0 Å². The molecular weight excluding hydrogens is 211 g/mol. The Balaban J connectivity index is 1.93. The summed E-state index contributed by atoms with van der Waals surface area (Å²) in [5, 5.41) is 2.28. The molecule has 1 saturated carbocycles. The number of carbonyl (C=O) groups is 1. The number of amides is 1. The molecule has 6 heteroatoms. The fraction of sp³-hybridized carbons (Fsp3) is 0.889. The summed E-state index contributed by atoms with van der Waals surface area (Å²) in [4.78, 5) is 10.7. The van der Waals surface area contributed by atoms with Crippen LogP contribution in [0.5, 0.6) is 0 Å². The lowest BCUT2D eigenvalue weighted by Gasteiger charge is -2.08. The molecule has 0 saturated heterocycles. The Morgan fingerprint density at radius 1 is 1.40 bits per heavy atom. The van der Waals surface area contributed by atoms with Gasteiger partial charge < -0.3 is 10.1 Å². The van der Waals surface area contributed by atoms with Crippen LogP contribution in [0.25, 0.3) is 0 Å². The second-order valence-electron chi connectivity index (χ2n) is 3.70. The Bertz CT molecular complexity index is 214. The molecule has 1 aliphatic carbocycles. The molecule has 15 heavy (non-hydrogen) atoms. The highest BCUT2D eigenvalue weighted by molar-refractivity contribution is 5.67. The zero-order valence-electron chi connectivity index (χ0n) is 8.27. The largest absolute Gasteiger partial charge is 0.440 e. The van der Waals surface area contributed by atoms with Crippen molar-refractivity contribution in [1.29, 1.82) is 0 Å². The molecule has 3 nitrogen and oxygen atoms in total. The van der Waals surface area contributed by atoms with Gasteiger partial charge in [0.15, 0.2) is 6.61 Å². The highest BCUT2D eigenvalue weighted by Gasteiger charge is 2.29. The van der Waals surface area contributed by atoms with Crippen molar-refractivity contribution < 1.29 is 22.7 Å². The summed E-state index contributed by atoms with van der Waals surface area (Å²) < 4.78 is 38.8. The smallest absolute Gasteiger partial charge is 0.422 e. The average molecular weight is 225 g/mol. The minimum atomic E-state index is -4.45. The van der Waals surface area contributed by atoms with Crippen LogP contribution in [-0.2, 0) is 4.74 Å². The number of alkyl halides is 3. The van der Waals surface area contributed by atoms with E-state index in [-0.39, 0.29) is 0 Å². The minimum absolute atomic E-state index is 0.382. The topological polar surface area (TPSA) is 38.3 Å². The van der Waals surface area contributed by atoms with Gasteiger partial charge in [0.1, 0.15) is 0 Å². The van der Waals surface area contributed by atoms with E-state index in [1.165, 1.54) is 12.8 Å². The third-order valence-corrected chi connectivity index (χ3v) is 2.12. The predicted octanol–water partition coefficient (Wildman–Crippen LogP) is 2.47. The molecule has 1 aliphatic rings. The van der Waals surface area contributed by atoms with Gasteiger partial charge in [-0.1, -0.05) is 12.8 Å². The molecule has 0 bridgehead atoms. The lowest BCUT2D eigenvalue weighted by Crippen LogP contribution is -2.29. The average Bonchev–Trinajstić information content (AvgIpc) is 2.91. The van der Waals surface area contributed by atoms with Crippen LogP contribution in [0.15, 0.2) is 0 Å². The van der Waals surface area contributed by atoms with Crippen molar-refractivity contribution in [3.8, 4) is 0 Å². The zero-order valence-corrected chi connectivity index (χ0v) is 8.27. The standard InChI is InChI=1S/C9H14F3NO2/c10-9(11,12)6-15-8(14)13-5-1-2-7-3-4-7/h7H,1-6H2,(H,13,14). The van der Waals surface area contributed by atoms with Gasteiger partial charge in [-0.25, -0.2) is 4.79 Å². The van der Waals surface area contributed by atoms with Crippen LogP contribution in [0.1, 0.15) is 25.7 Å². The highest BCUT2D eigenvalue weighted by atomic mass is 19.4. The molecule has 88 valence electrons. The number of hydrogen-bond acceptors (Lipinski definition) is 2. The van der Waals surface area contributed by atoms with E-state index in [0.29, 0.717) is 6.54 Å². The van der Waals surface area contributed by atoms with Crippen LogP contribution in [0, 0.1) is 5.92 Å². The first kappa shape index (κ1) is 12.1. The Kier molecular flexibility index (Phi) is 4.23. The molecule has 0 spiro atoms. The molecular formula is C9H14F3NO2. The third-order valence-electron chi connectivity index (χ3n) is 2.12. The molecule has 0 unspecified atom stereocenters. The first-order valence-corrected chi connectivity index (χ1v) is 4.95. The molecule has 0 aliphatic heterocycles. The Hall–Kier alpha value is -0.940. The van der Waals surface area contributed by atoms with Gasteiger partial charge in [0.25, 0.3) is 0 Å². The van der Waals surface area contributed by atoms with Gasteiger partial charge >= 0.3 is 12.3 Å². The summed E-state index contributed by atoms with van der Waals surface area (Å²) in [6.45, 7) is -1.14. The van der Waals surface area contributed by atoms with Crippen molar-refractivity contribution in [1.82, 2.24) is 5.32 Å². The number of ether oxygens (including phenoxy) is 1. The Morgan fingerprint density at radius 3 is 2.60 bits per heavy atom. The van der Waals surface area contributed by atoms with Gasteiger partial charge in [-0.05, 0) is 18.8 Å². The van der Waals surface area contributed by atoms with Crippen molar-refractivity contribution >= 4 is 6.09 Å². The molecule has 1 amide bonds. The van der Waals surface area contributed by atoms with Gasteiger partial charge in [-0.15, -0.1) is 0 Å². The summed E-state index contributed by atoms with van der Waals surface area (Å²) in [7, 11) is 0. The molecule has 1 N–H and O–H groups in total. The molecule has 0 atom stereocenters. The quantitative estimate of drug-likeness (QED) is 0.730. The van der Waals surface area contributed by atoms with E-state index in [0.717, 1.165) is 18.8 Å². The SMILES string of the molecule is O=C(NCCCC1CC1)OCC(F)(F)F. The van der Waals surface area contributed by atoms with Gasteiger partial charge in [-0.2, -0.15) is 13.2 Å². The van der Waals surface area contributed by atoms with Crippen molar-refractivity contribution in [2.75, 3.05) is 13.2 Å². The second kappa shape index (κ2) is 5.23. The van der Waals surface area contributed by atoms with Gasteiger partial charge in [-0.3, -0.25) is 0 Å². The molecule has 0 aromatic heterocycles. The van der Waals surface area contributed by atoms with Gasteiger partial charge in [0, 0.05) is 6.54 Å². The fourth-order valence-electron chi connectivity index (χ4n) is 1.19. The van der Waals surface area contributed by atoms with E-state index < -0.39 is 18.9 Å². The Labute approximate surface area is 86.0 Å². The predicted molar refractivity (Wildman–Crippen MR) is 47.4 cm³/mol.